The van der Waals surface area contributed by atoms with Crippen molar-refractivity contribution >= 4 is 5.65 Å². The third-order valence-electron chi connectivity index (χ3n) is 4.14. The summed E-state index contributed by atoms with van der Waals surface area (Å²) < 4.78 is 9.09. The smallest absolute Gasteiger partial charge is 0.177 e. The van der Waals surface area contributed by atoms with Gasteiger partial charge >= 0.3 is 0 Å². The van der Waals surface area contributed by atoms with Gasteiger partial charge in [-0.1, -0.05) is 18.2 Å². The molecule has 7 nitrogen and oxygen atoms in total. The summed E-state index contributed by atoms with van der Waals surface area (Å²) >= 11 is 0. The van der Waals surface area contributed by atoms with Crippen molar-refractivity contribution in [1.82, 2.24) is 29.6 Å². The van der Waals surface area contributed by atoms with E-state index in [-0.39, 0.29) is 0 Å². The quantitative estimate of drug-likeness (QED) is 0.734. The zero-order valence-corrected chi connectivity index (χ0v) is 14.2. The van der Waals surface area contributed by atoms with Gasteiger partial charge in [-0.15, -0.1) is 10.2 Å². The number of allylic oxidation sites excluding steroid dienone is 3. The van der Waals surface area contributed by atoms with Gasteiger partial charge in [0.15, 0.2) is 11.5 Å². The Bertz CT molecular complexity index is 936. The molecule has 0 fully saturated rings. The van der Waals surface area contributed by atoms with Crippen LogP contribution in [-0.4, -0.2) is 42.8 Å². The van der Waals surface area contributed by atoms with E-state index >= 15 is 0 Å². The first-order chi connectivity index (χ1) is 12.3. The molecule has 0 saturated carbocycles. The molecule has 7 heteroatoms. The molecule has 3 aromatic heterocycles. The maximum absolute atomic E-state index is 5.50. The van der Waals surface area contributed by atoms with E-state index in [1.54, 1.807) is 4.68 Å². The highest BCUT2D eigenvalue weighted by Gasteiger charge is 2.11. The van der Waals surface area contributed by atoms with Gasteiger partial charge in [-0.25, -0.2) is 0 Å². The number of aryl methyl sites for hydroxylation is 1. The van der Waals surface area contributed by atoms with Gasteiger partial charge in [0.05, 0.1) is 18.5 Å². The fourth-order valence-corrected chi connectivity index (χ4v) is 2.86. The Hall–Kier alpha value is -2.80. The van der Waals surface area contributed by atoms with Gasteiger partial charge < -0.3 is 4.74 Å². The maximum atomic E-state index is 5.50. The van der Waals surface area contributed by atoms with Crippen molar-refractivity contribution in [3.63, 3.8) is 0 Å². The fraction of sp³-hybridized carbons (Fsp3) is 0.333. The van der Waals surface area contributed by atoms with Crippen LogP contribution < -0.4 is 0 Å². The van der Waals surface area contributed by atoms with E-state index < -0.39 is 0 Å². The summed E-state index contributed by atoms with van der Waals surface area (Å²) in [6.07, 6.45) is 12.9. The molecule has 1 aliphatic heterocycles. The zero-order valence-electron chi connectivity index (χ0n) is 14.2. The van der Waals surface area contributed by atoms with Gasteiger partial charge in [-0.05, 0) is 30.5 Å². The molecular weight excluding hydrogens is 316 g/mol. The first-order valence-corrected chi connectivity index (χ1v) is 8.43. The Morgan fingerprint density at radius 1 is 1.24 bits per heavy atom. The van der Waals surface area contributed by atoms with Crippen molar-refractivity contribution in [2.75, 3.05) is 13.2 Å². The number of hydrogen-bond donors (Lipinski definition) is 0. The summed E-state index contributed by atoms with van der Waals surface area (Å²) in [6, 6.07) is 3.88. The second kappa shape index (κ2) is 6.98. The molecule has 0 aliphatic carbocycles. The van der Waals surface area contributed by atoms with Gasteiger partial charge in [0.25, 0.3) is 0 Å². The Morgan fingerprint density at radius 3 is 3.08 bits per heavy atom. The molecule has 0 N–H and O–H groups in total. The third kappa shape index (κ3) is 3.51. The number of rotatable bonds is 3. The predicted octanol–water partition coefficient (Wildman–Crippen LogP) is 2.36. The minimum Gasteiger partial charge on any atom is -0.377 e. The Morgan fingerprint density at radius 2 is 2.20 bits per heavy atom. The zero-order chi connectivity index (χ0) is 17.1. The number of ether oxygens (including phenoxy) is 1. The second-order valence-corrected chi connectivity index (χ2v) is 6.08. The summed E-state index contributed by atoms with van der Waals surface area (Å²) in [5.74, 6) is 0.830. The molecule has 0 radical (unpaired) electrons. The molecule has 0 amide bonds. The number of aromatic nitrogens is 6. The monoisotopic (exact) mass is 336 g/mol. The van der Waals surface area contributed by atoms with Gasteiger partial charge in [-0.2, -0.15) is 14.7 Å². The van der Waals surface area contributed by atoms with Crippen LogP contribution in [0.2, 0.25) is 0 Å². The molecule has 128 valence electrons. The lowest BCUT2D eigenvalue weighted by molar-refractivity contribution is 0.160. The van der Waals surface area contributed by atoms with Crippen molar-refractivity contribution in [3.05, 3.63) is 54.2 Å². The van der Waals surface area contributed by atoms with Crippen LogP contribution in [0.5, 0.6) is 0 Å². The molecule has 0 bridgehead atoms. The molecule has 0 spiro atoms. The van der Waals surface area contributed by atoms with Crippen LogP contribution in [0.3, 0.4) is 0 Å². The molecule has 0 saturated heterocycles. The Labute approximate surface area is 145 Å². The van der Waals surface area contributed by atoms with Gasteiger partial charge in [0.1, 0.15) is 0 Å². The van der Waals surface area contributed by atoms with Crippen molar-refractivity contribution in [2.45, 2.75) is 19.3 Å². The Balaban J connectivity index is 1.66. The van der Waals surface area contributed by atoms with E-state index in [1.165, 1.54) is 5.57 Å². The minimum absolute atomic E-state index is 0.654. The van der Waals surface area contributed by atoms with Gasteiger partial charge in [-0.3, -0.25) is 4.68 Å². The van der Waals surface area contributed by atoms with Crippen molar-refractivity contribution in [1.29, 1.82) is 0 Å². The van der Waals surface area contributed by atoms with Crippen molar-refractivity contribution < 1.29 is 4.74 Å². The molecule has 0 atom stereocenters. The number of hydrogen-bond acceptors (Lipinski definition) is 5. The van der Waals surface area contributed by atoms with Crippen molar-refractivity contribution in [2.24, 2.45) is 7.05 Å². The summed E-state index contributed by atoms with van der Waals surface area (Å²) in [6.45, 7) is 1.46. The summed E-state index contributed by atoms with van der Waals surface area (Å²) in [7, 11) is 1.89. The van der Waals surface area contributed by atoms with Crippen LogP contribution in [0, 0.1) is 0 Å². The second-order valence-electron chi connectivity index (χ2n) is 6.08. The number of fused-ring (bicyclic) bond motifs is 1. The maximum Gasteiger partial charge on any atom is 0.177 e. The lowest BCUT2D eigenvalue weighted by atomic mass is 10.1. The largest absolute Gasteiger partial charge is 0.377 e. The average Bonchev–Trinajstić information content (AvgIpc) is 3.24. The summed E-state index contributed by atoms with van der Waals surface area (Å²) in [5.41, 5.74) is 3.80. The fourth-order valence-electron chi connectivity index (χ4n) is 2.86. The molecule has 1 aliphatic rings. The van der Waals surface area contributed by atoms with Crippen LogP contribution >= 0.6 is 0 Å². The van der Waals surface area contributed by atoms with E-state index in [4.69, 9.17) is 9.84 Å². The SMILES string of the molecule is Cn1cc(-c2ccc3nnc(CC4=CCCCOCC=C4)n3n2)cn1. The lowest BCUT2D eigenvalue weighted by Crippen LogP contribution is -2.01. The molecule has 25 heavy (non-hydrogen) atoms. The predicted molar refractivity (Wildman–Crippen MR) is 94.0 cm³/mol. The number of nitrogens with zero attached hydrogens (tertiary/aromatic N) is 6. The molecule has 0 aromatic carbocycles. The van der Waals surface area contributed by atoms with Crippen LogP contribution in [0.1, 0.15) is 18.7 Å². The Kier molecular flexibility index (Phi) is 4.39. The van der Waals surface area contributed by atoms with Crippen LogP contribution in [0.25, 0.3) is 16.9 Å². The molecule has 3 aromatic rings. The van der Waals surface area contributed by atoms with E-state index in [0.717, 1.165) is 42.2 Å². The summed E-state index contributed by atoms with van der Waals surface area (Å²) in [5, 5.41) is 17.5. The topological polar surface area (TPSA) is 70.1 Å². The third-order valence-corrected chi connectivity index (χ3v) is 4.14. The highest BCUT2D eigenvalue weighted by Crippen LogP contribution is 2.17. The van der Waals surface area contributed by atoms with E-state index in [9.17, 15) is 0 Å². The highest BCUT2D eigenvalue weighted by molar-refractivity contribution is 5.58. The van der Waals surface area contributed by atoms with Gasteiger partial charge in [0.2, 0.25) is 0 Å². The van der Waals surface area contributed by atoms with E-state index in [2.05, 4.69) is 33.5 Å². The molecule has 4 heterocycles. The van der Waals surface area contributed by atoms with Crippen molar-refractivity contribution in [3.8, 4) is 11.3 Å². The van der Waals surface area contributed by atoms with Crippen LogP contribution in [-0.2, 0) is 18.2 Å². The highest BCUT2D eigenvalue weighted by atomic mass is 16.5. The minimum atomic E-state index is 0.654. The lowest BCUT2D eigenvalue weighted by Gasteiger charge is -2.03. The normalized spacial score (nSPS) is 15.6. The average molecular weight is 336 g/mol. The first kappa shape index (κ1) is 15.7. The van der Waals surface area contributed by atoms with E-state index in [1.807, 2.05) is 36.1 Å². The molecular formula is C18H20N6O. The first-order valence-electron chi connectivity index (χ1n) is 8.43. The van der Waals surface area contributed by atoms with E-state index in [0.29, 0.717) is 13.0 Å². The standard InChI is InChI=1S/C18H20N6O/c1-23-13-15(12-19-23)16-7-8-17-20-21-18(24(17)22-16)11-14-5-2-3-9-25-10-4-6-14/h4-8,12-13H,2-3,9-11H2,1H3. The summed E-state index contributed by atoms with van der Waals surface area (Å²) in [4.78, 5) is 0. The molecule has 0 unspecified atom stereocenters. The van der Waals surface area contributed by atoms with Crippen LogP contribution in [0.15, 0.2) is 48.3 Å². The van der Waals surface area contributed by atoms with Gasteiger partial charge in [0, 0.05) is 31.8 Å². The van der Waals surface area contributed by atoms with Crippen LogP contribution in [0.4, 0.5) is 0 Å². The molecule has 4 rings (SSSR count).